The van der Waals surface area contributed by atoms with Crippen LogP contribution in [0.1, 0.15) is 15.9 Å². The molecule has 1 rings (SSSR count). The summed E-state index contributed by atoms with van der Waals surface area (Å²) in [4.78, 5) is 14.0. The van der Waals surface area contributed by atoms with Gasteiger partial charge in [0, 0.05) is 11.1 Å². The molecule has 1 aromatic carbocycles. The topological polar surface area (TPSA) is 61.5 Å². The van der Waals surface area contributed by atoms with Crippen LogP contribution in [-0.4, -0.2) is 19.1 Å². The maximum atomic E-state index is 11.7. The van der Waals surface area contributed by atoms with Crippen molar-refractivity contribution in [2.45, 2.75) is 6.92 Å². The van der Waals surface area contributed by atoms with Crippen molar-refractivity contribution in [1.29, 1.82) is 0 Å². The van der Waals surface area contributed by atoms with Crippen molar-refractivity contribution in [2.75, 3.05) is 13.2 Å². The van der Waals surface area contributed by atoms with Gasteiger partial charge in [0.1, 0.15) is 12.4 Å². The number of hydrogen-bond donors (Lipinski definition) is 1. The molecule has 0 unspecified atom stereocenters. The zero-order valence-electron chi connectivity index (χ0n) is 8.73. The third-order valence-corrected chi connectivity index (χ3v) is 1.87. The average molecular weight is 250 g/mol. The predicted molar refractivity (Wildman–Crippen MR) is 59.5 cm³/mol. The van der Waals surface area contributed by atoms with E-state index in [1.807, 2.05) is 0 Å². The van der Waals surface area contributed by atoms with Gasteiger partial charge in [-0.15, -0.1) is 12.4 Å². The van der Waals surface area contributed by atoms with Crippen LogP contribution in [0.5, 0.6) is 5.75 Å². The summed E-state index contributed by atoms with van der Waals surface area (Å²) in [7, 11) is 0. The Bertz CT molecular complexity index is 360. The van der Waals surface area contributed by atoms with E-state index in [9.17, 15) is 9.32 Å². The minimum absolute atomic E-state index is 0. The maximum absolute atomic E-state index is 11.7. The molecular weight excluding hydrogens is 237 g/mol. The molecule has 0 radical (unpaired) electrons. The highest BCUT2D eigenvalue weighted by Gasteiger charge is 2.11. The maximum Gasteiger partial charge on any atom is 0.379 e. The number of rotatable bonds is 4. The van der Waals surface area contributed by atoms with Crippen LogP contribution in [0.3, 0.4) is 0 Å². The number of hydrogen-bond acceptors (Lipinski definition) is 4. The normalized spacial score (nSPS) is 9.19. The summed E-state index contributed by atoms with van der Waals surface area (Å²) in [5.74, 6) is -0.411. The van der Waals surface area contributed by atoms with Gasteiger partial charge in [0.15, 0.2) is 0 Å². The molecule has 0 heterocycles. The molecule has 0 atom stereocenters. The minimum atomic E-state index is -1.00. The standard InChI is InChI=1S/C10H12FNO3.ClH/c1-7-6-8(14-5-4-12)2-3-9(7)10(13)15-11;/h2-3,6H,4-5,12H2,1H3;1H. The molecular formula is C10H13ClFNO3. The van der Waals surface area contributed by atoms with Crippen molar-refractivity contribution in [3.63, 3.8) is 0 Å². The molecule has 1 aromatic rings. The van der Waals surface area contributed by atoms with Gasteiger partial charge in [-0.2, -0.15) is 0 Å². The first kappa shape index (κ1) is 14.7. The number of benzene rings is 1. The van der Waals surface area contributed by atoms with E-state index in [-0.39, 0.29) is 18.0 Å². The quantitative estimate of drug-likeness (QED) is 0.884. The second-order valence-corrected chi connectivity index (χ2v) is 2.98. The first-order chi connectivity index (χ1) is 7.19. The largest absolute Gasteiger partial charge is 0.492 e. The minimum Gasteiger partial charge on any atom is -0.492 e. The van der Waals surface area contributed by atoms with Crippen molar-refractivity contribution in [2.24, 2.45) is 5.73 Å². The average Bonchev–Trinajstić information content (AvgIpc) is 2.25. The third-order valence-electron chi connectivity index (χ3n) is 1.87. The predicted octanol–water partition coefficient (Wildman–Crippen LogP) is 1.80. The lowest BCUT2D eigenvalue weighted by molar-refractivity contribution is -0.0788. The van der Waals surface area contributed by atoms with Gasteiger partial charge in [-0.3, -0.25) is 0 Å². The second kappa shape index (κ2) is 7.03. The first-order valence-corrected chi connectivity index (χ1v) is 4.45. The fourth-order valence-electron chi connectivity index (χ4n) is 1.17. The van der Waals surface area contributed by atoms with E-state index in [1.165, 1.54) is 6.07 Å². The van der Waals surface area contributed by atoms with Crippen LogP contribution in [0, 0.1) is 6.92 Å². The third kappa shape index (κ3) is 3.67. The molecule has 16 heavy (non-hydrogen) atoms. The number of carbonyl (C=O) groups is 1. The van der Waals surface area contributed by atoms with E-state index in [4.69, 9.17) is 10.5 Å². The van der Waals surface area contributed by atoms with Crippen LogP contribution in [0.25, 0.3) is 0 Å². The Morgan fingerprint density at radius 2 is 2.19 bits per heavy atom. The van der Waals surface area contributed by atoms with E-state index in [2.05, 4.69) is 4.94 Å². The molecule has 0 saturated carbocycles. The van der Waals surface area contributed by atoms with Crippen molar-refractivity contribution in [3.8, 4) is 5.75 Å². The van der Waals surface area contributed by atoms with Crippen molar-refractivity contribution >= 4 is 18.4 Å². The highest BCUT2D eigenvalue weighted by atomic mass is 35.5. The highest BCUT2D eigenvalue weighted by molar-refractivity contribution is 5.90. The molecule has 0 spiro atoms. The van der Waals surface area contributed by atoms with Gasteiger partial charge in [-0.05, 0) is 30.7 Å². The van der Waals surface area contributed by atoms with Gasteiger partial charge in [-0.25, -0.2) is 9.74 Å². The molecule has 0 saturated heterocycles. The van der Waals surface area contributed by atoms with Crippen LogP contribution in [-0.2, 0) is 4.94 Å². The smallest absolute Gasteiger partial charge is 0.379 e. The molecule has 6 heteroatoms. The zero-order chi connectivity index (χ0) is 11.3. The Balaban J connectivity index is 0.00000225. The number of ether oxygens (including phenoxy) is 1. The van der Waals surface area contributed by atoms with Crippen LogP contribution in [0.4, 0.5) is 4.53 Å². The van der Waals surface area contributed by atoms with Gasteiger partial charge in [0.05, 0.1) is 5.56 Å². The molecule has 0 amide bonds. The Morgan fingerprint density at radius 3 is 2.69 bits per heavy atom. The van der Waals surface area contributed by atoms with Gasteiger partial charge < -0.3 is 10.5 Å². The molecule has 0 bridgehead atoms. The lowest BCUT2D eigenvalue weighted by Crippen LogP contribution is -2.11. The van der Waals surface area contributed by atoms with Gasteiger partial charge >= 0.3 is 5.97 Å². The summed E-state index contributed by atoms with van der Waals surface area (Å²) < 4.78 is 16.9. The molecule has 90 valence electrons. The van der Waals surface area contributed by atoms with Crippen molar-refractivity contribution in [3.05, 3.63) is 29.3 Å². The van der Waals surface area contributed by atoms with Crippen molar-refractivity contribution in [1.82, 2.24) is 0 Å². The Kier molecular flexibility index (Phi) is 6.44. The number of halogens is 2. The molecule has 0 fully saturated rings. The SMILES string of the molecule is Cc1cc(OCCN)ccc1C(=O)OF.Cl. The molecule has 0 aromatic heterocycles. The highest BCUT2D eigenvalue weighted by Crippen LogP contribution is 2.18. The zero-order valence-corrected chi connectivity index (χ0v) is 9.55. The summed E-state index contributed by atoms with van der Waals surface area (Å²) in [5.41, 5.74) is 6.03. The van der Waals surface area contributed by atoms with E-state index in [0.29, 0.717) is 24.5 Å². The number of aryl methyl sites for hydroxylation is 1. The van der Waals surface area contributed by atoms with Crippen molar-refractivity contribution < 1.29 is 19.0 Å². The fraction of sp³-hybridized carbons (Fsp3) is 0.300. The molecule has 0 aliphatic heterocycles. The van der Waals surface area contributed by atoms with E-state index >= 15 is 0 Å². The molecule has 0 aliphatic carbocycles. The van der Waals surface area contributed by atoms with Crippen LogP contribution in [0.15, 0.2) is 18.2 Å². The second-order valence-electron chi connectivity index (χ2n) is 2.98. The monoisotopic (exact) mass is 249 g/mol. The summed E-state index contributed by atoms with van der Waals surface area (Å²) >= 11 is 0. The van der Waals surface area contributed by atoms with E-state index in [0.717, 1.165) is 0 Å². The fourth-order valence-corrected chi connectivity index (χ4v) is 1.17. The first-order valence-electron chi connectivity index (χ1n) is 4.45. The van der Waals surface area contributed by atoms with Gasteiger partial charge in [0.2, 0.25) is 0 Å². The van der Waals surface area contributed by atoms with Gasteiger partial charge in [0.25, 0.3) is 0 Å². The van der Waals surface area contributed by atoms with E-state index in [1.54, 1.807) is 19.1 Å². The van der Waals surface area contributed by atoms with Gasteiger partial charge in [-0.1, -0.05) is 0 Å². The summed E-state index contributed by atoms with van der Waals surface area (Å²) in [6.45, 7) is 2.47. The van der Waals surface area contributed by atoms with E-state index < -0.39 is 5.97 Å². The lowest BCUT2D eigenvalue weighted by Gasteiger charge is -2.07. The molecule has 2 N–H and O–H groups in total. The number of nitrogens with two attached hydrogens (primary N) is 1. The summed E-state index contributed by atoms with van der Waals surface area (Å²) in [6.07, 6.45) is 0. The molecule has 0 aliphatic rings. The van der Waals surface area contributed by atoms with Crippen LogP contribution < -0.4 is 10.5 Å². The Morgan fingerprint density at radius 1 is 1.50 bits per heavy atom. The Labute approximate surface area is 98.8 Å². The lowest BCUT2D eigenvalue weighted by atomic mass is 10.1. The number of carbonyl (C=O) groups excluding carboxylic acids is 1. The summed E-state index contributed by atoms with van der Waals surface area (Å²) in [6, 6.07) is 4.64. The Hall–Kier alpha value is -1.33. The van der Waals surface area contributed by atoms with Crippen LogP contribution in [0.2, 0.25) is 0 Å². The van der Waals surface area contributed by atoms with Crippen LogP contribution >= 0.6 is 12.4 Å². The molecule has 4 nitrogen and oxygen atoms in total. The summed E-state index contributed by atoms with van der Waals surface area (Å²) in [5, 5.41) is 0.